The first-order chi connectivity index (χ1) is 13.2. The van der Waals surface area contributed by atoms with E-state index in [9.17, 15) is 4.79 Å². The van der Waals surface area contributed by atoms with Crippen molar-refractivity contribution in [1.29, 1.82) is 0 Å². The van der Waals surface area contributed by atoms with Gasteiger partial charge in [0.05, 0.1) is 6.61 Å². The molecule has 0 spiro atoms. The van der Waals surface area contributed by atoms with Crippen LogP contribution in [0.1, 0.15) is 54.4 Å². The Morgan fingerprint density at radius 2 is 1.90 bits per heavy atom. The first kappa shape index (κ1) is 28.2. The van der Waals surface area contributed by atoms with E-state index in [1.54, 1.807) is 0 Å². The highest BCUT2D eigenvalue weighted by Crippen LogP contribution is 2.20. The molecule has 0 bridgehead atoms. The zero-order valence-electron chi connectivity index (χ0n) is 19.5. The highest BCUT2D eigenvalue weighted by molar-refractivity contribution is 14.0. The first-order valence-electron chi connectivity index (χ1n) is 10.7. The summed E-state index contributed by atoms with van der Waals surface area (Å²) in [5.41, 5.74) is -0.453. The van der Waals surface area contributed by atoms with Crippen molar-refractivity contribution in [3.63, 3.8) is 0 Å². The van der Waals surface area contributed by atoms with Crippen LogP contribution in [0.25, 0.3) is 0 Å². The number of likely N-dealkylation sites (tertiary alicyclic amines) is 1. The summed E-state index contributed by atoms with van der Waals surface area (Å²) in [6.45, 7) is 17.6. The minimum atomic E-state index is -0.453. The monoisotopic (exact) mass is 526 g/mol. The van der Waals surface area contributed by atoms with Crippen molar-refractivity contribution >= 4 is 36.0 Å². The Kier molecular flexibility index (Phi) is 13.9. The predicted octanol–water partition coefficient (Wildman–Crippen LogP) is 3.82. The fourth-order valence-electron chi connectivity index (χ4n) is 3.18. The third-order valence-corrected chi connectivity index (χ3v) is 4.62. The Morgan fingerprint density at radius 3 is 2.38 bits per heavy atom. The summed E-state index contributed by atoms with van der Waals surface area (Å²) in [6, 6.07) is 0. The van der Waals surface area contributed by atoms with Gasteiger partial charge in [0.15, 0.2) is 5.96 Å². The van der Waals surface area contributed by atoms with E-state index in [0.29, 0.717) is 25.0 Å². The van der Waals surface area contributed by atoms with Gasteiger partial charge in [-0.15, -0.1) is 24.0 Å². The molecule has 0 radical (unpaired) electrons. The Balaban J connectivity index is 0.00000784. The van der Waals surface area contributed by atoms with Gasteiger partial charge < -0.3 is 24.6 Å². The number of aliphatic imine (C=N–C) groups is 1. The summed E-state index contributed by atoms with van der Waals surface area (Å²) in [6.07, 6.45) is 1.88. The number of guanidine groups is 1. The highest BCUT2D eigenvalue weighted by atomic mass is 127. The molecule has 7 nitrogen and oxygen atoms in total. The molecule has 0 unspecified atom stereocenters. The van der Waals surface area contributed by atoms with Crippen molar-refractivity contribution < 1.29 is 14.3 Å². The summed E-state index contributed by atoms with van der Waals surface area (Å²) < 4.78 is 11.1. The molecule has 1 amide bonds. The molecule has 1 N–H and O–H groups in total. The molecular formula is C21H43IN4O3. The van der Waals surface area contributed by atoms with E-state index in [2.05, 4.69) is 29.1 Å². The van der Waals surface area contributed by atoms with Crippen LogP contribution in [0.2, 0.25) is 0 Å². The maximum atomic E-state index is 12.3. The second-order valence-corrected chi connectivity index (χ2v) is 8.89. The zero-order valence-corrected chi connectivity index (χ0v) is 21.8. The maximum Gasteiger partial charge on any atom is 0.410 e. The second kappa shape index (κ2) is 14.3. The Bertz CT molecular complexity index is 487. The first-order valence-corrected chi connectivity index (χ1v) is 10.7. The van der Waals surface area contributed by atoms with Gasteiger partial charge in [-0.3, -0.25) is 4.99 Å². The van der Waals surface area contributed by atoms with Crippen LogP contribution in [0, 0.1) is 11.8 Å². The van der Waals surface area contributed by atoms with Crippen LogP contribution in [-0.2, 0) is 9.47 Å². The van der Waals surface area contributed by atoms with Gasteiger partial charge in [-0.25, -0.2) is 4.79 Å². The molecule has 0 saturated carbocycles. The summed E-state index contributed by atoms with van der Waals surface area (Å²) >= 11 is 0. The number of hydrogen-bond donors (Lipinski definition) is 1. The molecule has 0 aromatic heterocycles. The van der Waals surface area contributed by atoms with Gasteiger partial charge in [0.1, 0.15) is 5.60 Å². The molecule has 1 aliphatic heterocycles. The molecule has 1 rings (SSSR count). The predicted molar refractivity (Wildman–Crippen MR) is 130 cm³/mol. The van der Waals surface area contributed by atoms with Gasteiger partial charge >= 0.3 is 6.09 Å². The van der Waals surface area contributed by atoms with Crippen molar-refractivity contribution in [3.8, 4) is 0 Å². The molecule has 172 valence electrons. The third kappa shape index (κ3) is 11.9. The second-order valence-electron chi connectivity index (χ2n) is 8.89. The lowest BCUT2D eigenvalue weighted by molar-refractivity contribution is 0.0214. The molecular weight excluding hydrogens is 483 g/mol. The lowest BCUT2D eigenvalue weighted by Crippen LogP contribution is -2.48. The van der Waals surface area contributed by atoms with E-state index < -0.39 is 5.60 Å². The van der Waals surface area contributed by atoms with Crippen molar-refractivity contribution in [1.82, 2.24) is 15.1 Å². The topological polar surface area (TPSA) is 66.4 Å². The van der Waals surface area contributed by atoms with Crippen molar-refractivity contribution in [2.24, 2.45) is 16.8 Å². The summed E-state index contributed by atoms with van der Waals surface area (Å²) in [5, 5.41) is 3.39. The molecule has 0 aromatic rings. The number of piperidine rings is 1. The van der Waals surface area contributed by atoms with Gasteiger partial charge in [-0.2, -0.15) is 0 Å². The number of rotatable bonds is 8. The van der Waals surface area contributed by atoms with Crippen molar-refractivity contribution in [3.05, 3.63) is 0 Å². The number of hydrogen-bond acceptors (Lipinski definition) is 4. The Labute approximate surface area is 195 Å². The van der Waals surface area contributed by atoms with Gasteiger partial charge in [0.25, 0.3) is 0 Å². The zero-order chi connectivity index (χ0) is 21.2. The molecule has 1 saturated heterocycles. The molecule has 0 aliphatic carbocycles. The molecule has 1 aliphatic rings. The van der Waals surface area contributed by atoms with Crippen LogP contribution in [-0.4, -0.2) is 80.4 Å². The molecule has 1 heterocycles. The van der Waals surface area contributed by atoms with Crippen LogP contribution in [0.3, 0.4) is 0 Å². The van der Waals surface area contributed by atoms with E-state index in [-0.39, 0.29) is 30.1 Å². The largest absolute Gasteiger partial charge is 0.444 e. The molecule has 8 heteroatoms. The fraction of sp³-hybridized carbons (Fsp3) is 0.905. The van der Waals surface area contributed by atoms with E-state index >= 15 is 0 Å². The maximum absolute atomic E-state index is 12.3. The summed E-state index contributed by atoms with van der Waals surface area (Å²) in [7, 11) is 1.82. The summed E-state index contributed by atoms with van der Waals surface area (Å²) in [5.74, 6) is 1.99. The van der Waals surface area contributed by atoms with Crippen molar-refractivity contribution in [2.75, 3.05) is 53.0 Å². The van der Waals surface area contributed by atoms with E-state index in [4.69, 9.17) is 9.47 Å². The van der Waals surface area contributed by atoms with E-state index in [1.807, 2.05) is 39.6 Å². The smallest absolute Gasteiger partial charge is 0.410 e. The summed E-state index contributed by atoms with van der Waals surface area (Å²) in [4.78, 5) is 20.9. The van der Waals surface area contributed by atoms with Crippen LogP contribution in [0.5, 0.6) is 0 Å². The normalized spacial score (nSPS) is 15.9. The van der Waals surface area contributed by atoms with Gasteiger partial charge in [0, 0.05) is 46.4 Å². The third-order valence-electron chi connectivity index (χ3n) is 4.62. The molecule has 29 heavy (non-hydrogen) atoms. The molecule has 1 fully saturated rings. The van der Waals surface area contributed by atoms with Crippen LogP contribution >= 0.6 is 24.0 Å². The quantitative estimate of drug-likeness (QED) is 0.226. The van der Waals surface area contributed by atoms with Crippen molar-refractivity contribution in [2.45, 2.75) is 60.0 Å². The number of nitrogens with zero attached hydrogens (tertiary/aromatic N) is 3. The number of ether oxygens (including phenoxy) is 2. The number of nitrogens with one attached hydrogen (secondary N) is 1. The molecule has 0 aromatic carbocycles. The van der Waals surface area contributed by atoms with E-state index in [1.165, 1.54) is 0 Å². The number of carbonyl (C=O) groups excluding carboxylic acids is 1. The Morgan fingerprint density at radius 1 is 1.28 bits per heavy atom. The lowest BCUT2D eigenvalue weighted by atomic mass is 9.96. The number of carbonyl (C=O) groups is 1. The van der Waals surface area contributed by atoms with E-state index in [0.717, 1.165) is 51.6 Å². The Hall–Kier alpha value is -0.770. The minimum absolute atomic E-state index is 0. The fourth-order valence-corrected chi connectivity index (χ4v) is 3.18. The van der Waals surface area contributed by atoms with Crippen LogP contribution in [0.15, 0.2) is 4.99 Å². The number of halogens is 1. The average Bonchev–Trinajstić information content (AvgIpc) is 2.61. The molecule has 0 atom stereocenters. The van der Waals surface area contributed by atoms with Gasteiger partial charge in [-0.1, -0.05) is 13.8 Å². The van der Waals surface area contributed by atoms with Gasteiger partial charge in [-0.05, 0) is 52.4 Å². The standard InChI is InChI=1S/C21H42N4O3.HI/c1-8-24(20(26)28-21(4,5)6)15-18-9-12-25(13-10-18)19(22-7)23-11-14-27-16-17(2)3;/h17-18H,8-16H2,1-7H3,(H,22,23);1H. The van der Waals surface area contributed by atoms with Crippen LogP contribution in [0.4, 0.5) is 4.79 Å². The number of amides is 1. The minimum Gasteiger partial charge on any atom is -0.444 e. The lowest BCUT2D eigenvalue weighted by Gasteiger charge is -2.36. The average molecular weight is 527 g/mol. The highest BCUT2D eigenvalue weighted by Gasteiger charge is 2.27. The van der Waals surface area contributed by atoms with Gasteiger partial charge in [0.2, 0.25) is 0 Å². The van der Waals surface area contributed by atoms with Crippen LogP contribution < -0.4 is 5.32 Å². The SMILES string of the molecule is CCN(CC1CCN(C(=NC)NCCOCC(C)C)CC1)C(=O)OC(C)(C)C.I.